The molecule has 0 amide bonds. The smallest absolute Gasteiger partial charge is 0.140 e. The molecule has 3 rings (SSSR count). The van der Waals surface area contributed by atoms with E-state index in [1.807, 2.05) is 23.6 Å². The van der Waals surface area contributed by atoms with Crippen molar-refractivity contribution in [1.82, 2.24) is 14.3 Å². The molecule has 5 heteroatoms. The first-order chi connectivity index (χ1) is 7.33. The van der Waals surface area contributed by atoms with Crippen molar-refractivity contribution in [1.29, 1.82) is 0 Å². The maximum atomic E-state index is 5.89. The zero-order valence-electron chi connectivity index (χ0n) is 7.57. The Balaban J connectivity index is 2.22. The van der Waals surface area contributed by atoms with E-state index in [1.54, 1.807) is 6.20 Å². The maximum Gasteiger partial charge on any atom is 0.140 e. The molecule has 0 radical (unpaired) electrons. The van der Waals surface area contributed by atoms with Gasteiger partial charge in [0, 0.05) is 16.0 Å². The van der Waals surface area contributed by atoms with Crippen LogP contribution in [0.4, 0.5) is 0 Å². The van der Waals surface area contributed by atoms with E-state index in [2.05, 4.69) is 14.3 Å². The first kappa shape index (κ1) is 8.88. The minimum Gasteiger partial charge on any atom is -0.338 e. The van der Waals surface area contributed by atoms with Gasteiger partial charge in [-0.25, -0.2) is 9.36 Å². The number of hydrogen-bond donors (Lipinski definition) is 1. The van der Waals surface area contributed by atoms with Gasteiger partial charge in [0.1, 0.15) is 5.82 Å². The fourth-order valence-electron chi connectivity index (χ4n) is 1.44. The summed E-state index contributed by atoms with van der Waals surface area (Å²) in [5, 5.41) is 2.67. The first-order valence-electron chi connectivity index (χ1n) is 4.38. The minimum atomic E-state index is 0.709. The summed E-state index contributed by atoms with van der Waals surface area (Å²) in [4.78, 5) is 7.66. The summed E-state index contributed by atoms with van der Waals surface area (Å²) in [7, 11) is 0. The summed E-state index contributed by atoms with van der Waals surface area (Å²) in [6.07, 6.45) is 1.80. The highest BCUT2D eigenvalue weighted by Gasteiger charge is 2.05. The largest absolute Gasteiger partial charge is 0.338 e. The number of hydrogen-bond acceptors (Lipinski definition) is 3. The molecular formula is C10H6ClN3S. The van der Waals surface area contributed by atoms with Gasteiger partial charge in [0.2, 0.25) is 0 Å². The molecule has 0 aliphatic rings. The van der Waals surface area contributed by atoms with Crippen LogP contribution >= 0.6 is 23.1 Å². The molecule has 1 aromatic carbocycles. The topological polar surface area (TPSA) is 41.6 Å². The van der Waals surface area contributed by atoms with Crippen molar-refractivity contribution >= 4 is 34.2 Å². The second-order valence-electron chi connectivity index (χ2n) is 3.16. The van der Waals surface area contributed by atoms with Crippen LogP contribution in [0.5, 0.6) is 0 Å². The van der Waals surface area contributed by atoms with Gasteiger partial charge in [-0.1, -0.05) is 11.6 Å². The van der Waals surface area contributed by atoms with Crippen LogP contribution in [0.2, 0.25) is 5.02 Å². The van der Waals surface area contributed by atoms with Crippen LogP contribution in [-0.4, -0.2) is 14.3 Å². The lowest BCUT2D eigenvalue weighted by Crippen LogP contribution is -1.74. The van der Waals surface area contributed by atoms with Gasteiger partial charge in [-0.15, -0.1) is 0 Å². The molecule has 0 saturated carbocycles. The van der Waals surface area contributed by atoms with Crippen LogP contribution < -0.4 is 0 Å². The van der Waals surface area contributed by atoms with Crippen molar-refractivity contribution in [3.8, 4) is 11.4 Å². The molecule has 0 unspecified atom stereocenters. The molecule has 0 bridgehead atoms. The van der Waals surface area contributed by atoms with Gasteiger partial charge in [0.25, 0.3) is 0 Å². The van der Waals surface area contributed by atoms with E-state index in [4.69, 9.17) is 11.6 Å². The van der Waals surface area contributed by atoms with E-state index in [1.165, 1.54) is 11.5 Å². The molecule has 2 heterocycles. The molecule has 74 valence electrons. The number of aromatic amines is 1. The number of nitrogens with one attached hydrogen (secondary N) is 1. The van der Waals surface area contributed by atoms with E-state index in [-0.39, 0.29) is 0 Å². The molecule has 3 aromatic rings. The summed E-state index contributed by atoms with van der Waals surface area (Å²) >= 11 is 7.31. The van der Waals surface area contributed by atoms with Crippen molar-refractivity contribution in [3.05, 3.63) is 34.8 Å². The lowest BCUT2D eigenvalue weighted by molar-refractivity contribution is 1.34. The van der Waals surface area contributed by atoms with Gasteiger partial charge in [-0.2, -0.15) is 0 Å². The standard InChI is InChI=1S/C10H6ClN3S/c11-7-1-2-8-9(3-7)14-10(13-8)6-4-12-15-5-6/h1-5H,(H,13,14). The normalized spacial score (nSPS) is 11.0. The van der Waals surface area contributed by atoms with Gasteiger partial charge in [-0.05, 0) is 29.7 Å². The van der Waals surface area contributed by atoms with E-state index < -0.39 is 0 Å². The number of halogens is 1. The zero-order chi connectivity index (χ0) is 10.3. The Labute approximate surface area is 94.9 Å². The Morgan fingerprint density at radius 1 is 1.33 bits per heavy atom. The van der Waals surface area contributed by atoms with Crippen LogP contribution in [0.3, 0.4) is 0 Å². The Kier molecular flexibility index (Phi) is 1.97. The fraction of sp³-hybridized carbons (Fsp3) is 0. The third-order valence-electron chi connectivity index (χ3n) is 2.15. The Bertz CT molecular complexity index is 600. The van der Waals surface area contributed by atoms with E-state index in [0.29, 0.717) is 5.02 Å². The number of H-pyrrole nitrogens is 1. The predicted molar refractivity (Wildman–Crippen MR) is 62.2 cm³/mol. The van der Waals surface area contributed by atoms with Crippen LogP contribution in [0.1, 0.15) is 0 Å². The highest BCUT2D eigenvalue weighted by molar-refractivity contribution is 7.03. The van der Waals surface area contributed by atoms with Gasteiger partial charge in [0.05, 0.1) is 17.2 Å². The van der Waals surface area contributed by atoms with Crippen molar-refractivity contribution in [3.63, 3.8) is 0 Å². The van der Waals surface area contributed by atoms with Gasteiger partial charge < -0.3 is 4.98 Å². The van der Waals surface area contributed by atoms with Crippen molar-refractivity contribution in [2.45, 2.75) is 0 Å². The maximum absolute atomic E-state index is 5.89. The monoisotopic (exact) mass is 235 g/mol. The summed E-state index contributed by atoms with van der Waals surface area (Å²) in [6.45, 7) is 0. The Morgan fingerprint density at radius 2 is 2.27 bits per heavy atom. The predicted octanol–water partition coefficient (Wildman–Crippen LogP) is 3.34. The second kappa shape index (κ2) is 3.32. The molecule has 0 saturated heterocycles. The van der Waals surface area contributed by atoms with Crippen LogP contribution in [0.15, 0.2) is 29.8 Å². The molecule has 1 N–H and O–H groups in total. The van der Waals surface area contributed by atoms with Gasteiger partial charge >= 0.3 is 0 Å². The van der Waals surface area contributed by atoms with Gasteiger partial charge in [-0.3, -0.25) is 0 Å². The molecule has 0 spiro atoms. The average molecular weight is 236 g/mol. The summed E-state index contributed by atoms with van der Waals surface area (Å²) in [6, 6.07) is 5.60. The highest BCUT2D eigenvalue weighted by atomic mass is 35.5. The van der Waals surface area contributed by atoms with Crippen molar-refractivity contribution < 1.29 is 0 Å². The molecule has 0 atom stereocenters. The zero-order valence-corrected chi connectivity index (χ0v) is 9.14. The molecular weight excluding hydrogens is 230 g/mol. The molecule has 0 fully saturated rings. The fourth-order valence-corrected chi connectivity index (χ4v) is 2.13. The number of nitrogens with zero attached hydrogens (tertiary/aromatic N) is 2. The number of rotatable bonds is 1. The lowest BCUT2D eigenvalue weighted by Gasteiger charge is -1.87. The Morgan fingerprint density at radius 3 is 3.07 bits per heavy atom. The number of benzene rings is 1. The summed E-state index contributed by atoms with van der Waals surface area (Å²) in [5.74, 6) is 0.834. The van der Waals surface area contributed by atoms with Crippen LogP contribution in [0, 0.1) is 0 Å². The third kappa shape index (κ3) is 1.52. The van der Waals surface area contributed by atoms with Crippen LogP contribution in [0.25, 0.3) is 22.4 Å². The quantitative estimate of drug-likeness (QED) is 0.703. The first-order valence-corrected chi connectivity index (χ1v) is 5.59. The summed E-state index contributed by atoms with van der Waals surface area (Å²) < 4.78 is 4.04. The Hall–Kier alpha value is -1.39. The number of fused-ring (bicyclic) bond motifs is 1. The molecule has 2 aromatic heterocycles. The van der Waals surface area contributed by atoms with Crippen molar-refractivity contribution in [2.75, 3.05) is 0 Å². The molecule has 0 aliphatic heterocycles. The summed E-state index contributed by atoms with van der Waals surface area (Å²) in [5.41, 5.74) is 2.87. The second-order valence-corrected chi connectivity index (χ2v) is 4.25. The highest BCUT2D eigenvalue weighted by Crippen LogP contribution is 2.23. The van der Waals surface area contributed by atoms with E-state index in [9.17, 15) is 0 Å². The number of aromatic nitrogens is 3. The average Bonchev–Trinajstić information content (AvgIpc) is 2.84. The molecule has 3 nitrogen and oxygen atoms in total. The van der Waals surface area contributed by atoms with Gasteiger partial charge in [0.15, 0.2) is 0 Å². The third-order valence-corrected chi connectivity index (χ3v) is 2.97. The van der Waals surface area contributed by atoms with Crippen molar-refractivity contribution in [2.24, 2.45) is 0 Å². The minimum absolute atomic E-state index is 0.709. The SMILES string of the molecule is Clc1ccc2nc(-c3cnsc3)[nH]c2c1. The lowest BCUT2D eigenvalue weighted by atomic mass is 10.3. The number of imidazole rings is 1. The van der Waals surface area contributed by atoms with E-state index in [0.717, 1.165) is 22.4 Å². The van der Waals surface area contributed by atoms with Crippen LogP contribution in [-0.2, 0) is 0 Å². The molecule has 0 aliphatic carbocycles. The van der Waals surface area contributed by atoms with E-state index >= 15 is 0 Å². The molecule has 15 heavy (non-hydrogen) atoms.